The highest BCUT2D eigenvalue weighted by molar-refractivity contribution is 5.87. The Morgan fingerprint density at radius 2 is 1.50 bits per heavy atom. The van der Waals surface area contributed by atoms with Crippen LogP contribution in [0.25, 0.3) is 5.57 Å². The number of piperidine rings is 1. The second-order valence-electron chi connectivity index (χ2n) is 5.67. The van der Waals surface area contributed by atoms with Crippen molar-refractivity contribution in [1.82, 2.24) is 5.32 Å². The van der Waals surface area contributed by atoms with Crippen LogP contribution in [-0.4, -0.2) is 13.1 Å². The summed E-state index contributed by atoms with van der Waals surface area (Å²) in [5.74, 6) is 1.01. The van der Waals surface area contributed by atoms with Crippen LogP contribution in [0.1, 0.15) is 29.5 Å². The highest BCUT2D eigenvalue weighted by Crippen LogP contribution is 2.40. The fourth-order valence-electron chi connectivity index (χ4n) is 3.35. The topological polar surface area (TPSA) is 21.3 Å². The van der Waals surface area contributed by atoms with E-state index in [1.54, 1.807) is 5.57 Å². The molecule has 0 bridgehead atoms. The van der Waals surface area contributed by atoms with Crippen LogP contribution >= 0.6 is 12.4 Å². The highest BCUT2D eigenvalue weighted by Gasteiger charge is 2.22. The second-order valence-corrected chi connectivity index (χ2v) is 5.67. The van der Waals surface area contributed by atoms with Crippen molar-refractivity contribution in [1.29, 1.82) is 0 Å². The predicted octanol–water partition coefficient (Wildman–Crippen LogP) is 4.19. The number of para-hydroxylation sites is 1. The van der Waals surface area contributed by atoms with Crippen LogP contribution in [0.5, 0.6) is 5.75 Å². The zero-order valence-corrected chi connectivity index (χ0v) is 13.3. The summed E-state index contributed by atoms with van der Waals surface area (Å²) in [6.45, 7) is 2.80. The first-order valence-electron chi connectivity index (χ1n) is 7.67. The number of hydrogen-bond donors (Lipinski definition) is 1. The normalized spacial score (nSPS) is 16.7. The third-order valence-corrected chi connectivity index (χ3v) is 4.39. The van der Waals surface area contributed by atoms with E-state index in [4.69, 9.17) is 4.74 Å². The lowest BCUT2D eigenvalue weighted by Crippen LogP contribution is -2.23. The largest absolute Gasteiger partial charge is 0.488 e. The fourth-order valence-corrected chi connectivity index (χ4v) is 3.35. The van der Waals surface area contributed by atoms with Crippen LogP contribution in [-0.2, 0) is 6.61 Å². The molecule has 0 radical (unpaired) electrons. The van der Waals surface area contributed by atoms with Crippen molar-refractivity contribution in [2.45, 2.75) is 19.4 Å². The van der Waals surface area contributed by atoms with Crippen LogP contribution < -0.4 is 10.1 Å². The van der Waals surface area contributed by atoms with E-state index in [1.807, 2.05) is 0 Å². The van der Waals surface area contributed by atoms with Gasteiger partial charge in [0.25, 0.3) is 0 Å². The third-order valence-electron chi connectivity index (χ3n) is 4.39. The van der Waals surface area contributed by atoms with Crippen LogP contribution in [0.15, 0.2) is 54.1 Å². The van der Waals surface area contributed by atoms with Gasteiger partial charge in [0, 0.05) is 5.56 Å². The molecule has 2 nitrogen and oxygen atoms in total. The maximum Gasteiger partial charge on any atom is 0.127 e. The van der Waals surface area contributed by atoms with Gasteiger partial charge < -0.3 is 10.1 Å². The Morgan fingerprint density at radius 3 is 2.32 bits per heavy atom. The molecule has 2 aliphatic rings. The molecule has 1 fully saturated rings. The third kappa shape index (κ3) is 2.65. The molecule has 2 heterocycles. The summed E-state index contributed by atoms with van der Waals surface area (Å²) in [7, 11) is 0. The van der Waals surface area contributed by atoms with Crippen LogP contribution in [0, 0.1) is 0 Å². The van der Waals surface area contributed by atoms with Crippen molar-refractivity contribution in [3.05, 3.63) is 70.8 Å². The molecule has 3 heteroatoms. The summed E-state index contributed by atoms with van der Waals surface area (Å²) in [6, 6.07) is 17.1. The summed E-state index contributed by atoms with van der Waals surface area (Å²) in [6.07, 6.45) is 2.25. The molecular formula is C19H20ClNO. The minimum atomic E-state index is 0. The molecule has 0 amide bonds. The fraction of sp³-hybridized carbons (Fsp3) is 0.263. The van der Waals surface area contributed by atoms with Crippen molar-refractivity contribution in [3.63, 3.8) is 0 Å². The van der Waals surface area contributed by atoms with Gasteiger partial charge in [0.05, 0.1) is 0 Å². The van der Waals surface area contributed by atoms with Gasteiger partial charge in [0.2, 0.25) is 0 Å². The Balaban J connectivity index is 0.00000144. The lowest BCUT2D eigenvalue weighted by Gasteiger charge is -2.21. The van der Waals surface area contributed by atoms with Crippen LogP contribution in [0.4, 0.5) is 0 Å². The molecule has 4 rings (SSSR count). The van der Waals surface area contributed by atoms with Gasteiger partial charge in [-0.1, -0.05) is 48.0 Å². The van der Waals surface area contributed by atoms with Gasteiger partial charge in [0.1, 0.15) is 12.4 Å². The lowest BCUT2D eigenvalue weighted by molar-refractivity contribution is 0.307. The first-order valence-corrected chi connectivity index (χ1v) is 7.67. The average molecular weight is 314 g/mol. The summed E-state index contributed by atoms with van der Waals surface area (Å²) in [5.41, 5.74) is 6.84. The average Bonchev–Trinajstić information content (AvgIpc) is 2.72. The number of hydrogen-bond acceptors (Lipinski definition) is 2. The van der Waals surface area contributed by atoms with Gasteiger partial charge in [0.15, 0.2) is 0 Å². The maximum absolute atomic E-state index is 6.05. The monoisotopic (exact) mass is 313 g/mol. The van der Waals surface area contributed by atoms with E-state index >= 15 is 0 Å². The van der Waals surface area contributed by atoms with Gasteiger partial charge >= 0.3 is 0 Å². The Kier molecular flexibility index (Phi) is 4.51. The predicted molar refractivity (Wildman–Crippen MR) is 92.6 cm³/mol. The molecule has 0 aliphatic carbocycles. The molecule has 0 atom stereocenters. The summed E-state index contributed by atoms with van der Waals surface area (Å²) < 4.78 is 6.05. The molecule has 0 spiro atoms. The van der Waals surface area contributed by atoms with Crippen LogP contribution in [0.2, 0.25) is 0 Å². The van der Waals surface area contributed by atoms with Gasteiger partial charge in [-0.2, -0.15) is 0 Å². The van der Waals surface area contributed by atoms with E-state index in [0.717, 1.165) is 31.7 Å². The van der Waals surface area contributed by atoms with E-state index in [1.165, 1.54) is 22.3 Å². The van der Waals surface area contributed by atoms with E-state index < -0.39 is 0 Å². The zero-order chi connectivity index (χ0) is 14.1. The van der Waals surface area contributed by atoms with Gasteiger partial charge in [-0.15, -0.1) is 12.4 Å². The first-order chi connectivity index (χ1) is 10.4. The molecule has 114 valence electrons. The first kappa shape index (κ1) is 15.1. The lowest BCUT2D eigenvalue weighted by atomic mass is 9.87. The van der Waals surface area contributed by atoms with Crippen molar-refractivity contribution in [2.24, 2.45) is 0 Å². The molecule has 1 saturated heterocycles. The van der Waals surface area contributed by atoms with Gasteiger partial charge in [-0.3, -0.25) is 0 Å². The zero-order valence-electron chi connectivity index (χ0n) is 12.5. The van der Waals surface area contributed by atoms with Crippen LogP contribution in [0.3, 0.4) is 0 Å². The van der Waals surface area contributed by atoms with Crippen molar-refractivity contribution >= 4 is 18.0 Å². The number of fused-ring (bicyclic) bond motifs is 2. The Hall–Kier alpha value is -1.77. The van der Waals surface area contributed by atoms with Crippen molar-refractivity contribution < 1.29 is 4.74 Å². The van der Waals surface area contributed by atoms with Gasteiger partial charge in [-0.05, 0) is 48.7 Å². The smallest absolute Gasteiger partial charge is 0.127 e. The van der Waals surface area contributed by atoms with E-state index in [9.17, 15) is 0 Å². The summed E-state index contributed by atoms with van der Waals surface area (Å²) >= 11 is 0. The number of ether oxygens (including phenoxy) is 1. The quantitative estimate of drug-likeness (QED) is 0.787. The summed E-state index contributed by atoms with van der Waals surface area (Å²) in [5, 5.41) is 3.45. The number of halogens is 1. The Bertz CT molecular complexity index is 651. The number of rotatable bonds is 0. The maximum atomic E-state index is 6.05. The number of nitrogens with one attached hydrogen (secondary N) is 1. The molecule has 2 aromatic rings. The molecule has 0 saturated carbocycles. The minimum Gasteiger partial charge on any atom is -0.488 e. The van der Waals surface area contributed by atoms with E-state index in [2.05, 4.69) is 53.8 Å². The molecule has 2 aromatic carbocycles. The Morgan fingerprint density at radius 1 is 0.818 bits per heavy atom. The van der Waals surface area contributed by atoms with E-state index in [0.29, 0.717) is 6.61 Å². The van der Waals surface area contributed by atoms with E-state index in [-0.39, 0.29) is 12.4 Å². The summed E-state index contributed by atoms with van der Waals surface area (Å²) in [4.78, 5) is 0. The standard InChI is InChI=1S/C19H19NO.ClH/c1-2-6-16-15(5-1)13-21-18-8-4-3-7-17(18)19(16)14-9-11-20-12-10-14;/h1-8,20H,9-13H2;1H. The molecule has 22 heavy (non-hydrogen) atoms. The number of benzene rings is 2. The Labute approximate surface area is 137 Å². The minimum absolute atomic E-state index is 0. The van der Waals surface area contributed by atoms with Crippen molar-refractivity contribution in [3.8, 4) is 5.75 Å². The van der Waals surface area contributed by atoms with Gasteiger partial charge in [-0.25, -0.2) is 0 Å². The SMILES string of the molecule is Cl.c1ccc2c(c1)COc1ccccc1C2=C1CCNCC1. The molecule has 0 unspecified atom stereocenters. The highest BCUT2D eigenvalue weighted by atomic mass is 35.5. The second kappa shape index (κ2) is 6.55. The molecule has 2 aliphatic heterocycles. The van der Waals surface area contributed by atoms with Crippen molar-refractivity contribution in [2.75, 3.05) is 13.1 Å². The molecule has 1 N–H and O–H groups in total. The molecular weight excluding hydrogens is 294 g/mol. The molecule has 0 aromatic heterocycles.